The first-order chi connectivity index (χ1) is 12.9. The molecule has 0 atom stereocenters. The van der Waals surface area contributed by atoms with Gasteiger partial charge in [0.05, 0.1) is 22.9 Å². The normalized spacial score (nSPS) is 15.0. The van der Waals surface area contributed by atoms with E-state index in [1.165, 1.54) is 16.4 Å². The summed E-state index contributed by atoms with van der Waals surface area (Å²) in [6.45, 7) is 2.29. The third kappa shape index (κ3) is 5.52. The van der Waals surface area contributed by atoms with Crippen molar-refractivity contribution in [3.05, 3.63) is 29.3 Å². The van der Waals surface area contributed by atoms with Crippen LogP contribution in [0.25, 0.3) is 0 Å². The molecule has 8 nitrogen and oxygen atoms in total. The van der Waals surface area contributed by atoms with E-state index in [0.717, 1.165) is 19.3 Å². The number of benzene rings is 1. The number of nitriles is 1. The number of ether oxygens (including phenoxy) is 1. The Kier molecular flexibility index (Phi) is 7.33. The number of piperidine rings is 1. The fourth-order valence-electron chi connectivity index (χ4n) is 2.75. The van der Waals surface area contributed by atoms with Gasteiger partial charge in [-0.2, -0.15) is 9.57 Å². The molecule has 0 aliphatic carbocycles. The first-order valence-electron chi connectivity index (χ1n) is 8.78. The number of esters is 1. The van der Waals surface area contributed by atoms with Gasteiger partial charge in [0, 0.05) is 19.6 Å². The molecular formula is C18H23N3O5S. The molecule has 0 radical (unpaired) electrons. The highest BCUT2D eigenvalue weighted by Crippen LogP contribution is 2.23. The Morgan fingerprint density at radius 3 is 2.63 bits per heavy atom. The maximum Gasteiger partial charge on any atom is 0.338 e. The molecule has 1 aliphatic rings. The summed E-state index contributed by atoms with van der Waals surface area (Å²) >= 11 is 0. The zero-order valence-electron chi connectivity index (χ0n) is 15.2. The second-order valence-electron chi connectivity index (χ2n) is 6.28. The summed E-state index contributed by atoms with van der Waals surface area (Å²) < 4.78 is 31.9. The molecule has 0 aromatic heterocycles. The molecule has 1 amide bonds. The van der Waals surface area contributed by atoms with Gasteiger partial charge in [-0.25, -0.2) is 13.2 Å². The first kappa shape index (κ1) is 20.9. The Morgan fingerprint density at radius 2 is 1.96 bits per heavy atom. The molecule has 0 unspecified atom stereocenters. The Bertz CT molecular complexity index is 839. The number of rotatable bonds is 7. The molecule has 1 fully saturated rings. The Labute approximate surface area is 159 Å². The van der Waals surface area contributed by atoms with Gasteiger partial charge in [-0.15, -0.1) is 0 Å². The smallest absolute Gasteiger partial charge is 0.338 e. The number of carbonyl (C=O) groups is 2. The standard InChI is InChI=1S/C18H23N3O5S/c1-14-6-7-15(27(24,25)21-10-3-2-4-11-21)12-16(14)18(23)26-13-17(22)20-9-5-8-19/h6-7,12H,2-5,9-11,13H2,1H3,(H,20,22). The van der Waals surface area contributed by atoms with Crippen molar-refractivity contribution in [1.29, 1.82) is 5.26 Å². The minimum Gasteiger partial charge on any atom is -0.452 e. The third-order valence-electron chi connectivity index (χ3n) is 4.28. The fourth-order valence-corrected chi connectivity index (χ4v) is 4.30. The maximum atomic E-state index is 12.8. The van der Waals surface area contributed by atoms with Crippen LogP contribution in [0.2, 0.25) is 0 Å². The molecule has 2 rings (SSSR count). The van der Waals surface area contributed by atoms with Gasteiger partial charge in [-0.3, -0.25) is 4.79 Å². The van der Waals surface area contributed by atoms with Gasteiger partial charge in [-0.1, -0.05) is 12.5 Å². The van der Waals surface area contributed by atoms with E-state index in [1.807, 2.05) is 6.07 Å². The van der Waals surface area contributed by atoms with Crippen LogP contribution >= 0.6 is 0 Å². The summed E-state index contributed by atoms with van der Waals surface area (Å²) in [7, 11) is -3.67. The van der Waals surface area contributed by atoms with Crippen LogP contribution < -0.4 is 5.32 Å². The van der Waals surface area contributed by atoms with Crippen LogP contribution in [-0.2, 0) is 19.6 Å². The third-order valence-corrected chi connectivity index (χ3v) is 6.17. The minimum atomic E-state index is -3.67. The van der Waals surface area contributed by atoms with E-state index in [0.29, 0.717) is 18.7 Å². The second kappa shape index (κ2) is 9.48. The van der Waals surface area contributed by atoms with E-state index in [9.17, 15) is 18.0 Å². The maximum absolute atomic E-state index is 12.8. The van der Waals surface area contributed by atoms with Crippen molar-refractivity contribution in [3.8, 4) is 6.07 Å². The van der Waals surface area contributed by atoms with Gasteiger partial charge in [-0.05, 0) is 37.5 Å². The van der Waals surface area contributed by atoms with E-state index >= 15 is 0 Å². The van der Waals surface area contributed by atoms with E-state index in [2.05, 4.69) is 5.32 Å². The highest BCUT2D eigenvalue weighted by Gasteiger charge is 2.27. The first-order valence-corrected chi connectivity index (χ1v) is 10.2. The molecule has 1 heterocycles. The summed E-state index contributed by atoms with van der Waals surface area (Å²) in [5, 5.41) is 10.9. The van der Waals surface area contributed by atoms with Crippen LogP contribution in [0.15, 0.2) is 23.1 Å². The molecule has 27 heavy (non-hydrogen) atoms. The minimum absolute atomic E-state index is 0.0421. The zero-order chi connectivity index (χ0) is 19.9. The number of carbonyl (C=O) groups excluding carboxylic acids is 2. The van der Waals surface area contributed by atoms with Gasteiger partial charge in [0.2, 0.25) is 10.0 Å². The average molecular weight is 393 g/mol. The summed E-state index contributed by atoms with van der Waals surface area (Å²) in [5.74, 6) is -1.29. The molecule has 0 spiro atoms. The highest BCUT2D eigenvalue weighted by atomic mass is 32.2. The molecule has 1 aliphatic heterocycles. The number of hydrogen-bond acceptors (Lipinski definition) is 6. The van der Waals surface area contributed by atoms with Crippen LogP contribution in [0.1, 0.15) is 41.6 Å². The van der Waals surface area contributed by atoms with Crippen molar-refractivity contribution in [2.75, 3.05) is 26.2 Å². The molecule has 146 valence electrons. The molecule has 9 heteroatoms. The Morgan fingerprint density at radius 1 is 1.26 bits per heavy atom. The van der Waals surface area contributed by atoms with Crippen molar-refractivity contribution in [3.63, 3.8) is 0 Å². The average Bonchev–Trinajstić information content (AvgIpc) is 2.67. The SMILES string of the molecule is Cc1ccc(S(=O)(=O)N2CCCCC2)cc1C(=O)OCC(=O)NCCC#N. The summed E-state index contributed by atoms with van der Waals surface area (Å²) in [5.41, 5.74) is 0.667. The van der Waals surface area contributed by atoms with Gasteiger partial charge < -0.3 is 10.1 Å². The molecule has 1 N–H and O–H groups in total. The van der Waals surface area contributed by atoms with Gasteiger partial charge in [0.25, 0.3) is 5.91 Å². The number of amides is 1. The van der Waals surface area contributed by atoms with Crippen molar-refractivity contribution >= 4 is 21.9 Å². The number of sulfonamides is 1. The lowest BCUT2D eigenvalue weighted by molar-refractivity contribution is -0.124. The number of nitrogens with zero attached hydrogens (tertiary/aromatic N) is 2. The summed E-state index contributed by atoms with van der Waals surface area (Å²) in [6.07, 6.45) is 2.81. The fraction of sp³-hybridized carbons (Fsp3) is 0.500. The van der Waals surface area contributed by atoms with Crippen LogP contribution in [0.4, 0.5) is 0 Å². The van der Waals surface area contributed by atoms with E-state index in [1.54, 1.807) is 13.0 Å². The highest BCUT2D eigenvalue weighted by molar-refractivity contribution is 7.89. The molecule has 1 aromatic carbocycles. The Hall–Kier alpha value is -2.44. The van der Waals surface area contributed by atoms with Gasteiger partial charge >= 0.3 is 5.97 Å². The number of nitrogens with one attached hydrogen (secondary N) is 1. The summed E-state index contributed by atoms with van der Waals surface area (Å²) in [6, 6.07) is 6.22. The van der Waals surface area contributed by atoms with Gasteiger partial charge in [0.1, 0.15) is 0 Å². The lowest BCUT2D eigenvalue weighted by atomic mass is 10.1. The van der Waals surface area contributed by atoms with E-state index in [4.69, 9.17) is 10.00 Å². The van der Waals surface area contributed by atoms with Gasteiger partial charge in [0.15, 0.2) is 6.61 Å². The quantitative estimate of drug-likeness (QED) is 0.552. The predicted octanol–water partition coefficient (Wildman–Crippen LogP) is 1.36. The number of aryl methyl sites for hydroxylation is 1. The van der Waals surface area contributed by atoms with Crippen LogP contribution in [-0.4, -0.2) is 50.8 Å². The summed E-state index contributed by atoms with van der Waals surface area (Å²) in [4.78, 5) is 23.9. The molecule has 0 saturated carbocycles. The van der Waals surface area contributed by atoms with Crippen molar-refractivity contribution < 1.29 is 22.7 Å². The monoisotopic (exact) mass is 393 g/mol. The van der Waals surface area contributed by atoms with Crippen LogP contribution in [0.5, 0.6) is 0 Å². The van der Waals surface area contributed by atoms with Crippen molar-refractivity contribution in [2.24, 2.45) is 0 Å². The van der Waals surface area contributed by atoms with E-state index in [-0.39, 0.29) is 23.4 Å². The van der Waals surface area contributed by atoms with Crippen molar-refractivity contribution in [1.82, 2.24) is 9.62 Å². The molecule has 1 aromatic rings. The predicted molar refractivity (Wildman–Crippen MR) is 97.3 cm³/mol. The lowest BCUT2D eigenvalue weighted by Gasteiger charge is -2.26. The largest absolute Gasteiger partial charge is 0.452 e. The number of hydrogen-bond donors (Lipinski definition) is 1. The molecule has 0 bridgehead atoms. The molecule has 1 saturated heterocycles. The zero-order valence-corrected chi connectivity index (χ0v) is 16.0. The lowest BCUT2D eigenvalue weighted by Crippen LogP contribution is -2.35. The van der Waals surface area contributed by atoms with Crippen LogP contribution in [0.3, 0.4) is 0 Å². The molecular weight excluding hydrogens is 370 g/mol. The van der Waals surface area contributed by atoms with Crippen molar-refractivity contribution in [2.45, 2.75) is 37.5 Å². The second-order valence-corrected chi connectivity index (χ2v) is 8.21. The Balaban J connectivity index is 2.09. The van der Waals surface area contributed by atoms with Crippen LogP contribution in [0, 0.1) is 18.3 Å². The topological polar surface area (TPSA) is 117 Å². The van der Waals surface area contributed by atoms with E-state index < -0.39 is 28.5 Å².